The highest BCUT2D eigenvalue weighted by atomic mass is 32.2. The summed E-state index contributed by atoms with van der Waals surface area (Å²) in [6, 6.07) is 24.9. The first kappa shape index (κ1) is 19.3. The van der Waals surface area contributed by atoms with E-state index in [1.165, 1.54) is 11.8 Å². The minimum absolute atomic E-state index is 0.103. The van der Waals surface area contributed by atoms with Crippen LogP contribution in [0.15, 0.2) is 93.3 Å². The summed E-state index contributed by atoms with van der Waals surface area (Å²) in [4.78, 5) is 22.6. The van der Waals surface area contributed by atoms with Gasteiger partial charge in [0.1, 0.15) is 0 Å². The van der Waals surface area contributed by atoms with E-state index < -0.39 is 0 Å². The van der Waals surface area contributed by atoms with E-state index in [4.69, 9.17) is 9.51 Å². The quantitative estimate of drug-likeness (QED) is 0.290. The number of benzene rings is 3. The molecule has 0 fully saturated rings. The van der Waals surface area contributed by atoms with Crippen molar-refractivity contribution < 1.29 is 4.52 Å². The lowest BCUT2D eigenvalue weighted by Crippen LogP contribution is -2.21. The lowest BCUT2D eigenvalue weighted by atomic mass is 10.2. The Balaban J connectivity index is 1.53. The van der Waals surface area contributed by atoms with Gasteiger partial charge in [-0.2, -0.15) is 4.98 Å². The van der Waals surface area contributed by atoms with Gasteiger partial charge in [-0.05, 0) is 36.8 Å². The maximum Gasteiger partial charge on any atom is 0.266 e. The molecule has 7 heteroatoms. The molecule has 0 unspecified atom stereocenters. The van der Waals surface area contributed by atoms with Crippen LogP contribution in [-0.2, 0) is 5.75 Å². The molecule has 0 aliphatic heterocycles. The maximum absolute atomic E-state index is 13.3. The van der Waals surface area contributed by atoms with Crippen LogP contribution in [0.2, 0.25) is 0 Å². The molecule has 31 heavy (non-hydrogen) atoms. The predicted molar refractivity (Wildman–Crippen MR) is 121 cm³/mol. The molecule has 2 heterocycles. The van der Waals surface area contributed by atoms with Crippen LogP contribution < -0.4 is 5.56 Å². The highest BCUT2D eigenvalue weighted by Gasteiger charge is 2.15. The molecule has 152 valence electrons. The van der Waals surface area contributed by atoms with Crippen LogP contribution in [0.5, 0.6) is 0 Å². The zero-order valence-electron chi connectivity index (χ0n) is 16.7. The van der Waals surface area contributed by atoms with Gasteiger partial charge in [0.05, 0.1) is 22.3 Å². The molecule has 5 aromatic rings. The number of para-hydroxylation sites is 1. The van der Waals surface area contributed by atoms with Crippen LogP contribution in [-0.4, -0.2) is 19.7 Å². The second-order valence-corrected chi connectivity index (χ2v) is 8.00. The van der Waals surface area contributed by atoms with Gasteiger partial charge in [-0.1, -0.05) is 71.5 Å². The van der Waals surface area contributed by atoms with E-state index in [1.807, 2.05) is 79.7 Å². The summed E-state index contributed by atoms with van der Waals surface area (Å²) in [5.41, 5.74) is 3.30. The van der Waals surface area contributed by atoms with E-state index in [1.54, 1.807) is 10.6 Å². The van der Waals surface area contributed by atoms with E-state index in [2.05, 4.69) is 10.1 Å². The molecule has 0 saturated heterocycles. The molecule has 2 aromatic heterocycles. The second kappa shape index (κ2) is 8.20. The number of nitrogens with zero attached hydrogens (tertiary/aromatic N) is 4. The van der Waals surface area contributed by atoms with Gasteiger partial charge in [0.2, 0.25) is 11.7 Å². The molecular formula is C24H18N4O2S. The van der Waals surface area contributed by atoms with Crippen molar-refractivity contribution in [1.29, 1.82) is 0 Å². The molecule has 6 nitrogen and oxygen atoms in total. The number of thioether (sulfide) groups is 1. The van der Waals surface area contributed by atoms with Crippen LogP contribution in [0.25, 0.3) is 28.0 Å². The number of hydrogen-bond donors (Lipinski definition) is 0. The summed E-state index contributed by atoms with van der Waals surface area (Å²) in [5, 5.41) is 5.23. The highest BCUT2D eigenvalue weighted by molar-refractivity contribution is 7.98. The Labute approximate surface area is 182 Å². The Hall–Kier alpha value is -3.71. The van der Waals surface area contributed by atoms with Crippen molar-refractivity contribution in [2.45, 2.75) is 17.8 Å². The van der Waals surface area contributed by atoms with Gasteiger partial charge in [-0.25, -0.2) is 4.98 Å². The number of rotatable bonds is 5. The first-order valence-electron chi connectivity index (χ1n) is 9.79. The molecule has 0 radical (unpaired) electrons. The Bertz CT molecular complexity index is 1430. The first-order chi connectivity index (χ1) is 15.2. The lowest BCUT2D eigenvalue weighted by molar-refractivity contribution is 0.391. The molecule has 0 atom stereocenters. The van der Waals surface area contributed by atoms with Crippen molar-refractivity contribution in [2.75, 3.05) is 0 Å². The van der Waals surface area contributed by atoms with Gasteiger partial charge in [0.15, 0.2) is 5.16 Å². The zero-order chi connectivity index (χ0) is 21.2. The van der Waals surface area contributed by atoms with Crippen molar-refractivity contribution >= 4 is 22.7 Å². The highest BCUT2D eigenvalue weighted by Crippen LogP contribution is 2.25. The van der Waals surface area contributed by atoms with Crippen LogP contribution in [0.1, 0.15) is 11.5 Å². The summed E-state index contributed by atoms with van der Waals surface area (Å²) in [5.74, 6) is 1.41. The molecule has 0 saturated carbocycles. The molecule has 0 aliphatic rings. The fourth-order valence-corrected chi connectivity index (χ4v) is 4.20. The topological polar surface area (TPSA) is 73.8 Å². The van der Waals surface area contributed by atoms with Gasteiger partial charge >= 0.3 is 0 Å². The molecule has 0 aliphatic carbocycles. The van der Waals surface area contributed by atoms with Crippen molar-refractivity contribution in [3.63, 3.8) is 0 Å². The largest absolute Gasteiger partial charge is 0.338 e. The Kier molecular flexibility index (Phi) is 5.09. The second-order valence-electron chi connectivity index (χ2n) is 7.06. The smallest absolute Gasteiger partial charge is 0.266 e. The first-order valence-corrected chi connectivity index (χ1v) is 10.8. The third kappa shape index (κ3) is 3.87. The zero-order valence-corrected chi connectivity index (χ0v) is 17.5. The third-order valence-corrected chi connectivity index (χ3v) is 5.75. The normalized spacial score (nSPS) is 11.1. The standard InChI is InChI=1S/C24H18N4O2S/c1-16-8-7-11-18(14-16)28-23(29)19-12-5-6-13-20(19)25-24(28)31-15-21-26-22(27-30-21)17-9-3-2-4-10-17/h2-14H,15H2,1H3. The van der Waals surface area contributed by atoms with Crippen LogP contribution in [0.3, 0.4) is 0 Å². The Morgan fingerprint density at radius 2 is 1.74 bits per heavy atom. The molecule has 5 rings (SSSR count). The average molecular weight is 427 g/mol. The third-order valence-electron chi connectivity index (χ3n) is 4.83. The van der Waals surface area contributed by atoms with Gasteiger partial charge in [-0.3, -0.25) is 9.36 Å². The molecule has 0 N–H and O–H groups in total. The van der Waals surface area contributed by atoms with E-state index in [0.29, 0.717) is 33.5 Å². The van der Waals surface area contributed by atoms with Gasteiger partial charge in [0.25, 0.3) is 5.56 Å². The minimum Gasteiger partial charge on any atom is -0.338 e. The number of aromatic nitrogens is 4. The summed E-state index contributed by atoms with van der Waals surface area (Å²) < 4.78 is 7.07. The van der Waals surface area contributed by atoms with E-state index in [9.17, 15) is 4.79 Å². The SMILES string of the molecule is Cc1cccc(-n2c(SCc3nc(-c4ccccc4)no3)nc3ccccc3c2=O)c1. The van der Waals surface area contributed by atoms with Gasteiger partial charge < -0.3 is 4.52 Å². The maximum atomic E-state index is 13.3. The van der Waals surface area contributed by atoms with Gasteiger partial charge in [-0.15, -0.1) is 0 Å². The summed E-state index contributed by atoms with van der Waals surface area (Å²) in [7, 11) is 0. The molecule has 0 spiro atoms. The Morgan fingerprint density at radius 1 is 0.935 bits per heavy atom. The van der Waals surface area contributed by atoms with Crippen LogP contribution in [0, 0.1) is 6.92 Å². The monoisotopic (exact) mass is 426 g/mol. The average Bonchev–Trinajstić information content (AvgIpc) is 3.27. The fraction of sp³-hybridized carbons (Fsp3) is 0.0833. The number of aryl methyl sites for hydroxylation is 1. The van der Waals surface area contributed by atoms with Crippen molar-refractivity contribution in [3.8, 4) is 17.1 Å². The number of hydrogen-bond acceptors (Lipinski definition) is 6. The lowest BCUT2D eigenvalue weighted by Gasteiger charge is -2.13. The molecular weight excluding hydrogens is 408 g/mol. The summed E-state index contributed by atoms with van der Waals surface area (Å²) in [6.45, 7) is 2.00. The summed E-state index contributed by atoms with van der Waals surface area (Å²) >= 11 is 1.39. The fourth-order valence-electron chi connectivity index (χ4n) is 3.35. The van der Waals surface area contributed by atoms with Crippen LogP contribution >= 0.6 is 11.8 Å². The van der Waals surface area contributed by atoms with Crippen LogP contribution in [0.4, 0.5) is 0 Å². The predicted octanol–water partition coefficient (Wildman–Crippen LogP) is 5.04. The number of fused-ring (bicyclic) bond motifs is 1. The van der Waals surface area contributed by atoms with E-state index in [-0.39, 0.29) is 5.56 Å². The minimum atomic E-state index is -0.103. The Morgan fingerprint density at radius 3 is 2.58 bits per heavy atom. The van der Waals surface area contributed by atoms with Crippen molar-refractivity contribution in [2.24, 2.45) is 0 Å². The van der Waals surface area contributed by atoms with Gasteiger partial charge in [0, 0.05) is 5.56 Å². The summed E-state index contributed by atoms with van der Waals surface area (Å²) in [6.07, 6.45) is 0. The van der Waals surface area contributed by atoms with Crippen molar-refractivity contribution in [3.05, 3.63) is 101 Å². The molecule has 0 bridgehead atoms. The molecule has 3 aromatic carbocycles. The molecule has 0 amide bonds. The van der Waals surface area contributed by atoms with E-state index in [0.717, 1.165) is 16.8 Å². The van der Waals surface area contributed by atoms with E-state index >= 15 is 0 Å². The van der Waals surface area contributed by atoms with Crippen molar-refractivity contribution in [1.82, 2.24) is 19.7 Å².